The molecule has 1 N–H and O–H groups in total. The number of pyridine rings is 1. The fourth-order valence-electron chi connectivity index (χ4n) is 2.82. The summed E-state index contributed by atoms with van der Waals surface area (Å²) in [4.78, 5) is 25.0. The molecule has 0 atom stereocenters. The minimum absolute atomic E-state index is 0.232. The summed E-state index contributed by atoms with van der Waals surface area (Å²) in [5.41, 5.74) is 4.65. The summed E-state index contributed by atoms with van der Waals surface area (Å²) in [6.07, 6.45) is 5.23. The number of hydrogen-bond acceptors (Lipinski definition) is 5. The molecule has 0 bridgehead atoms. The second kappa shape index (κ2) is 6.87. The molecule has 7 heteroatoms. The number of nitrogens with zero attached hydrogens (tertiary/aromatic N) is 4. The Morgan fingerprint density at radius 2 is 2.04 bits per heavy atom. The van der Waals surface area contributed by atoms with Crippen LogP contribution in [0.3, 0.4) is 0 Å². The summed E-state index contributed by atoms with van der Waals surface area (Å²) >= 11 is 0. The Morgan fingerprint density at radius 1 is 1.15 bits per heavy atom. The van der Waals surface area contributed by atoms with Crippen molar-refractivity contribution in [1.29, 1.82) is 0 Å². The number of aromatic nitrogens is 4. The fraction of sp³-hybridized carbons (Fsp3) is 0.100. The number of ether oxygens (including phenoxy) is 1. The van der Waals surface area contributed by atoms with Crippen molar-refractivity contribution in [2.45, 2.75) is 6.92 Å². The lowest BCUT2D eigenvalue weighted by atomic mass is 10.1. The molecule has 1 aromatic carbocycles. The van der Waals surface area contributed by atoms with E-state index in [2.05, 4.69) is 15.3 Å². The molecule has 7 nitrogen and oxygen atoms in total. The van der Waals surface area contributed by atoms with Crippen molar-refractivity contribution in [3.05, 3.63) is 72.4 Å². The molecule has 0 radical (unpaired) electrons. The first-order valence-corrected chi connectivity index (χ1v) is 8.36. The van der Waals surface area contributed by atoms with E-state index in [9.17, 15) is 4.79 Å². The van der Waals surface area contributed by atoms with Gasteiger partial charge in [-0.25, -0.2) is 15.0 Å². The molecule has 27 heavy (non-hydrogen) atoms. The molecule has 0 aliphatic rings. The Labute approximate surface area is 155 Å². The minimum Gasteiger partial charge on any atom is -0.481 e. The Balaban J connectivity index is 1.62. The lowest BCUT2D eigenvalue weighted by Crippen LogP contribution is -2.14. The Kier molecular flexibility index (Phi) is 4.25. The molecule has 0 saturated heterocycles. The topological polar surface area (TPSA) is 81.4 Å². The van der Waals surface area contributed by atoms with Crippen molar-refractivity contribution in [1.82, 2.24) is 19.4 Å². The number of benzene rings is 1. The average Bonchev–Trinajstić information content (AvgIpc) is 3.14. The Morgan fingerprint density at radius 3 is 2.85 bits per heavy atom. The van der Waals surface area contributed by atoms with E-state index in [1.165, 1.54) is 19.5 Å². The highest BCUT2D eigenvalue weighted by atomic mass is 16.5. The van der Waals surface area contributed by atoms with Gasteiger partial charge in [0.05, 0.1) is 12.8 Å². The molecule has 134 valence electrons. The Bertz CT molecular complexity index is 1140. The molecule has 4 rings (SSSR count). The van der Waals surface area contributed by atoms with Gasteiger partial charge in [0, 0.05) is 29.7 Å². The van der Waals surface area contributed by atoms with Gasteiger partial charge in [0.1, 0.15) is 17.7 Å². The van der Waals surface area contributed by atoms with Gasteiger partial charge < -0.3 is 14.5 Å². The standard InChI is InChI=1S/C20H17N5O2/c1-13-5-4-8-25-11-17(24-19(13)25)14-6-3-7-15(9-14)23-20(26)16-10-18(27-2)22-12-21-16/h3-12H,1-2H3,(H,23,26). The molecule has 4 aromatic rings. The summed E-state index contributed by atoms with van der Waals surface area (Å²) in [6.45, 7) is 2.03. The van der Waals surface area contributed by atoms with Crippen LogP contribution in [0.2, 0.25) is 0 Å². The zero-order valence-corrected chi connectivity index (χ0v) is 14.9. The third kappa shape index (κ3) is 3.35. The van der Waals surface area contributed by atoms with Crippen molar-refractivity contribution < 1.29 is 9.53 Å². The van der Waals surface area contributed by atoms with Gasteiger partial charge in [0.2, 0.25) is 5.88 Å². The summed E-state index contributed by atoms with van der Waals surface area (Å²) in [7, 11) is 1.49. The number of amides is 1. The predicted octanol–water partition coefficient (Wildman–Crippen LogP) is 3.36. The fourth-order valence-corrected chi connectivity index (χ4v) is 2.82. The monoisotopic (exact) mass is 359 g/mol. The second-order valence-electron chi connectivity index (χ2n) is 6.03. The molecular weight excluding hydrogens is 342 g/mol. The third-order valence-electron chi connectivity index (χ3n) is 4.18. The van der Waals surface area contributed by atoms with Crippen LogP contribution in [0.25, 0.3) is 16.9 Å². The minimum atomic E-state index is -0.335. The third-order valence-corrected chi connectivity index (χ3v) is 4.18. The highest BCUT2D eigenvalue weighted by Crippen LogP contribution is 2.23. The lowest BCUT2D eigenvalue weighted by Gasteiger charge is -2.06. The van der Waals surface area contributed by atoms with Crippen molar-refractivity contribution in [3.8, 4) is 17.1 Å². The summed E-state index contributed by atoms with van der Waals surface area (Å²) in [6, 6.07) is 13.0. The molecule has 0 unspecified atom stereocenters. The van der Waals surface area contributed by atoms with Gasteiger partial charge in [-0.15, -0.1) is 0 Å². The van der Waals surface area contributed by atoms with Gasteiger partial charge in [-0.2, -0.15) is 0 Å². The SMILES string of the molecule is COc1cc(C(=O)Nc2cccc(-c3cn4cccc(C)c4n3)c2)ncn1. The second-order valence-corrected chi connectivity index (χ2v) is 6.03. The van der Waals surface area contributed by atoms with Crippen molar-refractivity contribution in [2.75, 3.05) is 12.4 Å². The quantitative estimate of drug-likeness (QED) is 0.604. The maximum atomic E-state index is 12.4. The molecule has 0 saturated carbocycles. The number of nitrogens with one attached hydrogen (secondary N) is 1. The van der Waals surface area contributed by atoms with Crippen LogP contribution >= 0.6 is 0 Å². The number of fused-ring (bicyclic) bond motifs is 1. The molecule has 0 aliphatic heterocycles. The molecule has 1 amide bonds. The number of aryl methyl sites for hydroxylation is 1. The van der Waals surface area contributed by atoms with E-state index in [4.69, 9.17) is 9.72 Å². The van der Waals surface area contributed by atoms with E-state index in [1.54, 1.807) is 0 Å². The predicted molar refractivity (Wildman–Crippen MR) is 102 cm³/mol. The van der Waals surface area contributed by atoms with Crippen LogP contribution in [0.15, 0.2) is 61.2 Å². The zero-order chi connectivity index (χ0) is 18.8. The van der Waals surface area contributed by atoms with Crippen LogP contribution in [-0.4, -0.2) is 32.4 Å². The van der Waals surface area contributed by atoms with E-state index in [0.717, 1.165) is 22.5 Å². The van der Waals surface area contributed by atoms with Gasteiger partial charge in [0.15, 0.2) is 0 Å². The normalized spacial score (nSPS) is 10.7. The molecule has 0 spiro atoms. The van der Waals surface area contributed by atoms with Crippen molar-refractivity contribution in [2.24, 2.45) is 0 Å². The maximum Gasteiger partial charge on any atom is 0.274 e. The zero-order valence-electron chi connectivity index (χ0n) is 14.9. The first-order chi connectivity index (χ1) is 13.1. The van der Waals surface area contributed by atoms with Gasteiger partial charge in [-0.05, 0) is 30.7 Å². The first-order valence-electron chi connectivity index (χ1n) is 8.36. The van der Waals surface area contributed by atoms with E-state index in [0.29, 0.717) is 11.6 Å². The van der Waals surface area contributed by atoms with Gasteiger partial charge in [-0.1, -0.05) is 18.2 Å². The van der Waals surface area contributed by atoms with E-state index < -0.39 is 0 Å². The van der Waals surface area contributed by atoms with Crippen molar-refractivity contribution >= 4 is 17.2 Å². The van der Waals surface area contributed by atoms with Crippen LogP contribution in [-0.2, 0) is 0 Å². The molecular formula is C20H17N5O2. The summed E-state index contributed by atoms with van der Waals surface area (Å²) < 4.78 is 7.02. The summed E-state index contributed by atoms with van der Waals surface area (Å²) in [5, 5.41) is 2.85. The number of methoxy groups -OCH3 is 1. The van der Waals surface area contributed by atoms with Gasteiger partial charge in [0.25, 0.3) is 5.91 Å². The average molecular weight is 359 g/mol. The van der Waals surface area contributed by atoms with Crippen LogP contribution < -0.4 is 10.1 Å². The van der Waals surface area contributed by atoms with Crippen molar-refractivity contribution in [3.63, 3.8) is 0 Å². The number of carbonyl (C=O) groups is 1. The van der Waals surface area contributed by atoms with Crippen LogP contribution in [0.1, 0.15) is 16.1 Å². The van der Waals surface area contributed by atoms with Crippen LogP contribution in [0.5, 0.6) is 5.88 Å². The Hall–Kier alpha value is -3.74. The summed E-state index contributed by atoms with van der Waals surface area (Å²) in [5.74, 6) is 0.00247. The number of hydrogen-bond donors (Lipinski definition) is 1. The lowest BCUT2D eigenvalue weighted by molar-refractivity contribution is 0.102. The van der Waals surface area contributed by atoms with E-state index >= 15 is 0 Å². The van der Waals surface area contributed by atoms with Crippen LogP contribution in [0, 0.1) is 6.92 Å². The molecule has 3 heterocycles. The molecule has 3 aromatic heterocycles. The van der Waals surface area contributed by atoms with Gasteiger partial charge in [-0.3, -0.25) is 4.79 Å². The number of anilines is 1. The smallest absolute Gasteiger partial charge is 0.274 e. The first kappa shape index (κ1) is 16.7. The largest absolute Gasteiger partial charge is 0.481 e. The van der Waals surface area contributed by atoms with Crippen LogP contribution in [0.4, 0.5) is 5.69 Å². The van der Waals surface area contributed by atoms with E-state index in [-0.39, 0.29) is 11.6 Å². The molecule has 0 fully saturated rings. The number of carbonyl (C=O) groups excluding carboxylic acids is 1. The van der Waals surface area contributed by atoms with E-state index in [1.807, 2.05) is 60.1 Å². The highest BCUT2D eigenvalue weighted by molar-refractivity contribution is 6.03. The maximum absolute atomic E-state index is 12.4. The number of rotatable bonds is 4. The molecule has 0 aliphatic carbocycles. The highest BCUT2D eigenvalue weighted by Gasteiger charge is 2.11. The van der Waals surface area contributed by atoms with Gasteiger partial charge >= 0.3 is 0 Å². The number of imidazole rings is 1.